The minimum atomic E-state index is 0. The molecule has 1 atom stereocenters. The molecular formula is C20H28IN7. The maximum Gasteiger partial charge on any atom is 0.225 e. The molecule has 0 radical (unpaired) electrons. The van der Waals surface area contributed by atoms with Gasteiger partial charge in [-0.3, -0.25) is 4.99 Å². The van der Waals surface area contributed by atoms with E-state index in [0.29, 0.717) is 18.5 Å². The highest BCUT2D eigenvalue weighted by Gasteiger charge is 2.25. The van der Waals surface area contributed by atoms with Crippen LogP contribution in [0.5, 0.6) is 0 Å². The Balaban J connectivity index is 0.00000225. The zero-order valence-corrected chi connectivity index (χ0v) is 18.6. The molecule has 3 heterocycles. The van der Waals surface area contributed by atoms with Crippen molar-refractivity contribution in [1.29, 1.82) is 0 Å². The summed E-state index contributed by atoms with van der Waals surface area (Å²) in [6.45, 7) is 7.29. The molecule has 8 heteroatoms. The van der Waals surface area contributed by atoms with Gasteiger partial charge in [0.2, 0.25) is 5.95 Å². The summed E-state index contributed by atoms with van der Waals surface area (Å²) in [5.74, 6) is 1.43. The highest BCUT2D eigenvalue weighted by Crippen LogP contribution is 2.31. The molecule has 4 rings (SSSR count). The number of nitrogens with two attached hydrogens (primary N) is 1. The van der Waals surface area contributed by atoms with Gasteiger partial charge in [-0.15, -0.1) is 24.0 Å². The number of aromatic nitrogens is 2. The summed E-state index contributed by atoms with van der Waals surface area (Å²) in [5, 5.41) is 0. The quantitative estimate of drug-likeness (QED) is 0.399. The van der Waals surface area contributed by atoms with Crippen LogP contribution in [-0.4, -0.2) is 66.1 Å². The molecule has 150 valence electrons. The van der Waals surface area contributed by atoms with Gasteiger partial charge in [0.15, 0.2) is 5.96 Å². The summed E-state index contributed by atoms with van der Waals surface area (Å²) in [4.78, 5) is 20.1. The first-order valence-corrected chi connectivity index (χ1v) is 9.64. The molecule has 0 bridgehead atoms. The Hall–Kier alpha value is -2.10. The molecule has 2 N–H and O–H groups in total. The smallest absolute Gasteiger partial charge is 0.225 e. The number of fused-ring (bicyclic) bond motifs is 1. The van der Waals surface area contributed by atoms with Crippen LogP contribution in [0.4, 0.5) is 11.6 Å². The van der Waals surface area contributed by atoms with E-state index < -0.39 is 0 Å². The highest BCUT2D eigenvalue weighted by atomic mass is 127. The summed E-state index contributed by atoms with van der Waals surface area (Å²) < 4.78 is 0. The predicted molar refractivity (Wildman–Crippen MR) is 125 cm³/mol. The van der Waals surface area contributed by atoms with Crippen molar-refractivity contribution in [1.82, 2.24) is 14.9 Å². The molecule has 1 aromatic heterocycles. The van der Waals surface area contributed by atoms with Crippen LogP contribution in [-0.2, 0) is 6.42 Å². The fourth-order valence-electron chi connectivity index (χ4n) is 3.93. The van der Waals surface area contributed by atoms with Crippen molar-refractivity contribution < 1.29 is 0 Å². The van der Waals surface area contributed by atoms with Crippen molar-refractivity contribution in [3.8, 4) is 0 Å². The van der Waals surface area contributed by atoms with E-state index in [1.807, 2.05) is 6.07 Å². The number of hydrogen-bond donors (Lipinski definition) is 1. The second-order valence-electron chi connectivity index (χ2n) is 7.14. The number of aliphatic imine (C=N–C) groups is 1. The maximum atomic E-state index is 6.25. The van der Waals surface area contributed by atoms with Gasteiger partial charge in [0.25, 0.3) is 0 Å². The summed E-state index contributed by atoms with van der Waals surface area (Å²) in [5.41, 5.74) is 9.03. The van der Waals surface area contributed by atoms with Crippen LogP contribution in [0.1, 0.15) is 12.5 Å². The van der Waals surface area contributed by atoms with E-state index in [4.69, 9.17) is 5.73 Å². The van der Waals surface area contributed by atoms with Gasteiger partial charge in [-0.2, -0.15) is 0 Å². The molecule has 1 unspecified atom stereocenters. The number of guanidine groups is 1. The minimum Gasteiger partial charge on any atom is -0.370 e. The number of piperazine rings is 1. The molecular weight excluding hydrogens is 465 g/mol. The number of hydrogen-bond acceptors (Lipinski definition) is 5. The Kier molecular flexibility index (Phi) is 6.93. The Morgan fingerprint density at radius 1 is 1.11 bits per heavy atom. The summed E-state index contributed by atoms with van der Waals surface area (Å²) in [7, 11) is 0. The minimum absolute atomic E-state index is 0. The molecule has 1 aromatic carbocycles. The van der Waals surface area contributed by atoms with E-state index in [-0.39, 0.29) is 24.0 Å². The van der Waals surface area contributed by atoms with Gasteiger partial charge in [0.1, 0.15) is 0 Å². The van der Waals surface area contributed by atoms with Gasteiger partial charge in [-0.1, -0.05) is 18.2 Å². The number of para-hydroxylation sites is 1. The van der Waals surface area contributed by atoms with Crippen molar-refractivity contribution in [2.45, 2.75) is 19.4 Å². The van der Waals surface area contributed by atoms with Crippen LogP contribution in [0.3, 0.4) is 0 Å². The van der Waals surface area contributed by atoms with E-state index in [9.17, 15) is 0 Å². The molecule has 7 nitrogen and oxygen atoms in total. The van der Waals surface area contributed by atoms with Crippen LogP contribution in [0.15, 0.2) is 47.7 Å². The fourth-order valence-corrected chi connectivity index (χ4v) is 3.93. The lowest BCUT2D eigenvalue weighted by molar-refractivity contribution is 0.378. The SMILES string of the molecule is CC1Cc2ccccc2N1CCN=C(N)N1CCN(c2ncccn2)CC1.I. The number of halogens is 1. The Morgan fingerprint density at radius 3 is 2.57 bits per heavy atom. The average Bonchev–Trinajstić information content (AvgIpc) is 3.04. The van der Waals surface area contributed by atoms with E-state index in [1.165, 1.54) is 11.3 Å². The van der Waals surface area contributed by atoms with Crippen LogP contribution >= 0.6 is 24.0 Å². The summed E-state index contributed by atoms with van der Waals surface area (Å²) >= 11 is 0. The van der Waals surface area contributed by atoms with Gasteiger partial charge >= 0.3 is 0 Å². The number of nitrogens with zero attached hydrogens (tertiary/aromatic N) is 6. The molecule has 28 heavy (non-hydrogen) atoms. The van der Waals surface area contributed by atoms with Gasteiger partial charge in [0.05, 0.1) is 6.54 Å². The molecule has 2 aliphatic heterocycles. The van der Waals surface area contributed by atoms with Crippen LogP contribution in [0, 0.1) is 0 Å². The number of anilines is 2. The fraction of sp³-hybridized carbons (Fsp3) is 0.450. The van der Waals surface area contributed by atoms with Crippen molar-refractivity contribution in [2.24, 2.45) is 10.7 Å². The third kappa shape index (κ3) is 4.48. The number of benzene rings is 1. The topological polar surface area (TPSA) is 73.9 Å². The van der Waals surface area contributed by atoms with Crippen molar-refractivity contribution in [2.75, 3.05) is 49.1 Å². The van der Waals surface area contributed by atoms with Crippen molar-refractivity contribution >= 4 is 41.6 Å². The first-order valence-electron chi connectivity index (χ1n) is 9.64. The first kappa shape index (κ1) is 20.6. The molecule has 0 amide bonds. The van der Waals surface area contributed by atoms with Crippen molar-refractivity contribution in [3.05, 3.63) is 48.3 Å². The van der Waals surface area contributed by atoms with Crippen LogP contribution in [0.25, 0.3) is 0 Å². The second-order valence-corrected chi connectivity index (χ2v) is 7.14. The number of rotatable bonds is 4. The normalized spacial score (nSPS) is 19.4. The van der Waals surface area contributed by atoms with E-state index >= 15 is 0 Å². The molecule has 1 saturated heterocycles. The largest absolute Gasteiger partial charge is 0.370 e. The summed E-state index contributed by atoms with van der Waals surface area (Å²) in [6, 6.07) is 11.0. The van der Waals surface area contributed by atoms with Crippen LogP contribution in [0.2, 0.25) is 0 Å². The standard InChI is InChI=1S/C20H27N7.HI/c1-16-15-17-5-2-3-6-18(17)27(16)10-9-22-19(21)25-11-13-26(14-12-25)20-23-7-4-8-24-20;/h2-8,16H,9-15H2,1H3,(H2,21,22);1H. The lowest BCUT2D eigenvalue weighted by atomic mass is 10.1. The van der Waals surface area contributed by atoms with E-state index in [1.54, 1.807) is 12.4 Å². The molecule has 0 aliphatic carbocycles. The van der Waals surface area contributed by atoms with Gasteiger partial charge < -0.3 is 20.4 Å². The van der Waals surface area contributed by atoms with Gasteiger partial charge in [0, 0.05) is 56.8 Å². The van der Waals surface area contributed by atoms with Gasteiger partial charge in [-0.25, -0.2) is 9.97 Å². The zero-order chi connectivity index (χ0) is 18.6. The molecule has 2 aromatic rings. The lowest BCUT2D eigenvalue weighted by Gasteiger charge is -2.35. The van der Waals surface area contributed by atoms with E-state index in [0.717, 1.165) is 45.1 Å². The first-order chi connectivity index (χ1) is 13.2. The Bertz CT molecular complexity index is 790. The molecule has 2 aliphatic rings. The van der Waals surface area contributed by atoms with Crippen molar-refractivity contribution in [3.63, 3.8) is 0 Å². The third-order valence-electron chi connectivity index (χ3n) is 5.40. The van der Waals surface area contributed by atoms with Crippen LogP contribution < -0.4 is 15.5 Å². The van der Waals surface area contributed by atoms with Gasteiger partial charge in [-0.05, 0) is 31.0 Å². The Labute approximate surface area is 183 Å². The van der Waals surface area contributed by atoms with E-state index in [2.05, 4.69) is 60.8 Å². The second kappa shape index (κ2) is 9.40. The lowest BCUT2D eigenvalue weighted by Crippen LogP contribution is -2.51. The zero-order valence-electron chi connectivity index (χ0n) is 16.2. The maximum absolute atomic E-state index is 6.25. The third-order valence-corrected chi connectivity index (χ3v) is 5.40. The molecule has 0 saturated carbocycles. The molecule has 1 fully saturated rings. The highest BCUT2D eigenvalue weighted by molar-refractivity contribution is 14.0. The predicted octanol–water partition coefficient (Wildman–Crippen LogP) is 1.98. The monoisotopic (exact) mass is 493 g/mol. The Morgan fingerprint density at radius 2 is 1.82 bits per heavy atom. The summed E-state index contributed by atoms with van der Waals surface area (Å²) in [6.07, 6.45) is 4.67. The molecule has 0 spiro atoms. The average molecular weight is 493 g/mol.